The number of carbonyl (C=O) groups excluding carboxylic acids is 2. The van der Waals surface area contributed by atoms with Crippen LogP contribution in [-0.2, 0) is 11.2 Å². The van der Waals surface area contributed by atoms with Crippen molar-refractivity contribution in [2.75, 3.05) is 11.9 Å². The van der Waals surface area contributed by atoms with Crippen LogP contribution in [0.5, 0.6) is 0 Å². The summed E-state index contributed by atoms with van der Waals surface area (Å²) in [6.07, 6.45) is 3.89. The normalized spacial score (nSPS) is 10.6. The number of nitrogens with one attached hydrogen (secondary N) is 1. The van der Waals surface area contributed by atoms with E-state index in [-0.39, 0.29) is 18.1 Å². The second-order valence-corrected chi connectivity index (χ2v) is 6.49. The van der Waals surface area contributed by atoms with E-state index in [2.05, 4.69) is 15.2 Å². The molecule has 2 heterocycles. The first kappa shape index (κ1) is 18.8. The first-order valence-corrected chi connectivity index (χ1v) is 8.91. The second kappa shape index (κ2) is 8.14. The molecule has 1 aromatic carbocycles. The number of carbonyl (C=O) groups is 2. The Morgan fingerprint density at radius 3 is 2.52 bits per heavy atom. The van der Waals surface area contributed by atoms with Gasteiger partial charge < -0.3 is 4.90 Å². The Kier molecular flexibility index (Phi) is 5.66. The lowest BCUT2D eigenvalue weighted by Crippen LogP contribution is -2.25. The summed E-state index contributed by atoms with van der Waals surface area (Å²) >= 11 is 6.36. The Morgan fingerprint density at radius 2 is 1.93 bits per heavy atom. The summed E-state index contributed by atoms with van der Waals surface area (Å²) in [6, 6.07) is 10.8. The van der Waals surface area contributed by atoms with Gasteiger partial charge >= 0.3 is 0 Å². The lowest BCUT2D eigenvalue weighted by atomic mass is 10.1. The third-order valence-electron chi connectivity index (χ3n) is 4.28. The molecule has 27 heavy (non-hydrogen) atoms. The number of amides is 1. The van der Waals surface area contributed by atoms with Gasteiger partial charge in [-0.1, -0.05) is 30.7 Å². The minimum atomic E-state index is -0.0844. The van der Waals surface area contributed by atoms with E-state index in [1.54, 1.807) is 42.5 Å². The fraction of sp³-hybridized carbons (Fsp3) is 0.200. The molecule has 0 saturated carbocycles. The van der Waals surface area contributed by atoms with Crippen LogP contribution in [-0.4, -0.2) is 33.9 Å². The molecule has 7 heteroatoms. The van der Waals surface area contributed by atoms with Gasteiger partial charge in [-0.05, 0) is 29.8 Å². The molecule has 2 aromatic heterocycles. The number of pyridine rings is 1. The average molecular weight is 383 g/mol. The lowest BCUT2D eigenvalue weighted by molar-refractivity contribution is -0.118. The van der Waals surface area contributed by atoms with E-state index >= 15 is 0 Å². The van der Waals surface area contributed by atoms with Crippen molar-refractivity contribution in [2.24, 2.45) is 0 Å². The van der Waals surface area contributed by atoms with Crippen LogP contribution >= 0.6 is 11.6 Å². The number of aromatic amines is 1. The first-order chi connectivity index (χ1) is 13.0. The topological polar surface area (TPSA) is 79.0 Å². The Labute approximate surface area is 162 Å². The van der Waals surface area contributed by atoms with Crippen molar-refractivity contribution in [3.05, 3.63) is 65.2 Å². The van der Waals surface area contributed by atoms with Gasteiger partial charge in [-0.2, -0.15) is 5.10 Å². The molecule has 3 aromatic rings. The van der Waals surface area contributed by atoms with Crippen molar-refractivity contribution in [3.63, 3.8) is 0 Å². The molecule has 1 amide bonds. The van der Waals surface area contributed by atoms with E-state index in [4.69, 9.17) is 11.6 Å². The number of benzene rings is 1. The van der Waals surface area contributed by atoms with Gasteiger partial charge in [0.2, 0.25) is 5.91 Å². The zero-order valence-corrected chi connectivity index (χ0v) is 15.8. The summed E-state index contributed by atoms with van der Waals surface area (Å²) in [5.74, 6) is -0.0923. The number of halogens is 1. The average Bonchev–Trinajstić information content (AvgIpc) is 3.19. The van der Waals surface area contributed by atoms with Crippen LogP contribution in [0.3, 0.4) is 0 Å². The summed E-state index contributed by atoms with van der Waals surface area (Å²) in [5.41, 5.74) is 3.50. The number of nitrogens with zero attached hydrogens (tertiary/aromatic N) is 3. The predicted molar refractivity (Wildman–Crippen MR) is 105 cm³/mol. The van der Waals surface area contributed by atoms with Gasteiger partial charge in [0.1, 0.15) is 5.69 Å². The summed E-state index contributed by atoms with van der Waals surface area (Å²) in [7, 11) is 1.70. The summed E-state index contributed by atoms with van der Waals surface area (Å²) < 4.78 is 0. The Balaban J connectivity index is 1.78. The van der Waals surface area contributed by atoms with Gasteiger partial charge in [0, 0.05) is 37.1 Å². The maximum absolute atomic E-state index is 12.3. The number of anilines is 1. The molecule has 3 rings (SSSR count). The monoisotopic (exact) mass is 382 g/mol. The van der Waals surface area contributed by atoms with Crippen LogP contribution < -0.4 is 4.90 Å². The van der Waals surface area contributed by atoms with Crippen LogP contribution in [0, 0.1) is 0 Å². The van der Waals surface area contributed by atoms with Crippen molar-refractivity contribution < 1.29 is 9.59 Å². The van der Waals surface area contributed by atoms with Gasteiger partial charge in [0.15, 0.2) is 5.78 Å². The predicted octanol–water partition coefficient (Wildman–Crippen LogP) is 3.92. The molecule has 0 atom stereocenters. The zero-order valence-electron chi connectivity index (χ0n) is 15.1. The molecular weight excluding hydrogens is 364 g/mol. The van der Waals surface area contributed by atoms with Gasteiger partial charge in [0.25, 0.3) is 0 Å². The molecule has 0 bridgehead atoms. The highest BCUT2D eigenvalue weighted by Gasteiger charge is 2.14. The van der Waals surface area contributed by atoms with E-state index in [9.17, 15) is 9.59 Å². The molecule has 1 N–H and O–H groups in total. The molecule has 0 spiro atoms. The largest absolute Gasteiger partial charge is 0.314 e. The fourth-order valence-corrected chi connectivity index (χ4v) is 3.01. The van der Waals surface area contributed by atoms with Gasteiger partial charge in [0.05, 0.1) is 17.1 Å². The van der Waals surface area contributed by atoms with Crippen LogP contribution in [0.2, 0.25) is 5.02 Å². The van der Waals surface area contributed by atoms with Gasteiger partial charge in [-0.25, -0.2) is 0 Å². The van der Waals surface area contributed by atoms with Gasteiger partial charge in [-0.15, -0.1) is 0 Å². The Hall–Kier alpha value is -2.99. The molecule has 0 aliphatic rings. The smallest absolute Gasteiger partial charge is 0.226 e. The Morgan fingerprint density at radius 1 is 1.15 bits per heavy atom. The van der Waals surface area contributed by atoms with Crippen molar-refractivity contribution in [1.82, 2.24) is 15.2 Å². The number of H-pyrrole nitrogens is 1. The number of rotatable bonds is 6. The second-order valence-electron chi connectivity index (χ2n) is 6.09. The first-order valence-electron chi connectivity index (χ1n) is 8.53. The third-order valence-corrected chi connectivity index (χ3v) is 4.58. The van der Waals surface area contributed by atoms with Crippen molar-refractivity contribution in [3.8, 4) is 11.1 Å². The zero-order chi connectivity index (χ0) is 19.4. The van der Waals surface area contributed by atoms with Crippen molar-refractivity contribution >= 4 is 29.0 Å². The highest BCUT2D eigenvalue weighted by Crippen LogP contribution is 2.31. The minimum Gasteiger partial charge on any atom is -0.314 e. The van der Waals surface area contributed by atoms with E-state index in [1.165, 1.54) is 0 Å². The third kappa shape index (κ3) is 4.23. The van der Waals surface area contributed by atoms with Gasteiger partial charge in [-0.3, -0.25) is 19.7 Å². The minimum absolute atomic E-state index is 0.00792. The maximum Gasteiger partial charge on any atom is 0.226 e. The summed E-state index contributed by atoms with van der Waals surface area (Å²) in [4.78, 5) is 29.9. The van der Waals surface area contributed by atoms with E-state index in [1.807, 2.05) is 25.1 Å². The van der Waals surface area contributed by atoms with Crippen LogP contribution in [0.15, 0.2) is 48.8 Å². The molecule has 0 radical (unpaired) electrons. The molecule has 0 unspecified atom stereocenters. The summed E-state index contributed by atoms with van der Waals surface area (Å²) in [5, 5.41) is 7.08. The molecule has 0 aliphatic heterocycles. The fourth-order valence-electron chi connectivity index (χ4n) is 2.71. The van der Waals surface area contributed by atoms with E-state index < -0.39 is 0 Å². The number of hydrogen-bond acceptors (Lipinski definition) is 4. The molecule has 6 nitrogen and oxygen atoms in total. The lowest BCUT2D eigenvalue weighted by Gasteiger charge is -2.18. The molecule has 0 aliphatic carbocycles. The summed E-state index contributed by atoms with van der Waals surface area (Å²) in [6.45, 7) is 1.81. The quantitative estimate of drug-likeness (QED) is 0.655. The standard InChI is InChI=1S/C20H19ClN4O2/c1-3-20(27)25(2)18-7-5-13(10-16(18)21)14-4-6-17(22-12-14)19(26)11-15-8-9-23-24-15/h4-10,12H,3,11H2,1-2H3,(H,23,24). The molecular formula is C20H19ClN4O2. The van der Waals surface area contributed by atoms with Crippen molar-refractivity contribution in [1.29, 1.82) is 0 Å². The number of aromatic nitrogens is 3. The molecule has 138 valence electrons. The van der Waals surface area contributed by atoms with E-state index in [0.717, 1.165) is 16.8 Å². The van der Waals surface area contributed by atoms with E-state index in [0.29, 0.717) is 22.8 Å². The SMILES string of the molecule is CCC(=O)N(C)c1ccc(-c2ccc(C(=O)Cc3ccn[nH]3)nc2)cc1Cl. The van der Waals surface area contributed by atoms with Crippen LogP contribution in [0.25, 0.3) is 11.1 Å². The number of Topliss-reactive ketones (excluding diaryl/α,β-unsaturated/α-hetero) is 1. The van der Waals surface area contributed by atoms with Crippen LogP contribution in [0.4, 0.5) is 5.69 Å². The maximum atomic E-state index is 12.3. The number of ketones is 1. The van der Waals surface area contributed by atoms with Crippen LogP contribution in [0.1, 0.15) is 29.5 Å². The molecule has 0 saturated heterocycles. The van der Waals surface area contributed by atoms with Crippen molar-refractivity contribution in [2.45, 2.75) is 19.8 Å². The molecule has 0 fully saturated rings. The highest BCUT2D eigenvalue weighted by molar-refractivity contribution is 6.34. The number of hydrogen-bond donors (Lipinski definition) is 1. The highest BCUT2D eigenvalue weighted by atomic mass is 35.5. The Bertz CT molecular complexity index is 953.